The monoisotopic (exact) mass is 293 g/mol. The molecule has 1 N–H and O–H groups in total. The molecule has 4 rings (SSSR count). The fourth-order valence-electron chi connectivity index (χ4n) is 2.95. The zero-order valence-electron chi connectivity index (χ0n) is 12.4. The van der Waals surface area contributed by atoms with E-state index in [0.29, 0.717) is 0 Å². The van der Waals surface area contributed by atoms with Crippen LogP contribution >= 0.6 is 0 Å². The average Bonchev–Trinajstić information content (AvgIpc) is 2.99. The van der Waals surface area contributed by atoms with Crippen LogP contribution in [0.3, 0.4) is 0 Å². The van der Waals surface area contributed by atoms with E-state index in [0.717, 1.165) is 43.8 Å². The molecular formula is C17H19N5. The molecule has 1 fully saturated rings. The van der Waals surface area contributed by atoms with Crippen molar-refractivity contribution in [3.05, 3.63) is 54.1 Å². The van der Waals surface area contributed by atoms with E-state index in [9.17, 15) is 0 Å². The van der Waals surface area contributed by atoms with E-state index in [1.165, 1.54) is 11.3 Å². The van der Waals surface area contributed by atoms with Crippen LogP contribution in [0.25, 0.3) is 11.0 Å². The lowest BCUT2D eigenvalue weighted by Gasteiger charge is -2.29. The molecule has 0 aliphatic carbocycles. The summed E-state index contributed by atoms with van der Waals surface area (Å²) < 4.78 is 1.96. The quantitative estimate of drug-likeness (QED) is 0.801. The molecule has 2 aromatic carbocycles. The van der Waals surface area contributed by atoms with Crippen LogP contribution in [0.15, 0.2) is 48.5 Å². The summed E-state index contributed by atoms with van der Waals surface area (Å²) in [6.45, 7) is 4.93. The van der Waals surface area contributed by atoms with Gasteiger partial charge in [-0.3, -0.25) is 0 Å². The van der Waals surface area contributed by atoms with Gasteiger partial charge >= 0.3 is 0 Å². The molecule has 0 bridgehead atoms. The van der Waals surface area contributed by atoms with E-state index in [-0.39, 0.29) is 0 Å². The lowest BCUT2D eigenvalue weighted by molar-refractivity contribution is 0.589. The summed E-state index contributed by atoms with van der Waals surface area (Å²) in [5, 5.41) is 12.0. The maximum Gasteiger partial charge on any atom is 0.115 e. The first-order chi connectivity index (χ1) is 10.9. The van der Waals surface area contributed by atoms with Crippen molar-refractivity contribution in [2.45, 2.75) is 6.54 Å². The molecule has 0 unspecified atom stereocenters. The average molecular weight is 293 g/mol. The Morgan fingerprint density at radius 1 is 1.00 bits per heavy atom. The first kappa shape index (κ1) is 13.3. The zero-order chi connectivity index (χ0) is 14.8. The van der Waals surface area contributed by atoms with Crippen LogP contribution in [0.5, 0.6) is 0 Å². The molecule has 0 amide bonds. The number of benzene rings is 2. The van der Waals surface area contributed by atoms with Gasteiger partial charge < -0.3 is 10.2 Å². The minimum atomic E-state index is 0.754. The van der Waals surface area contributed by atoms with Gasteiger partial charge in [-0.05, 0) is 23.8 Å². The van der Waals surface area contributed by atoms with Crippen LogP contribution in [0.1, 0.15) is 5.56 Å². The highest BCUT2D eigenvalue weighted by atomic mass is 15.4. The van der Waals surface area contributed by atoms with Gasteiger partial charge in [-0.25, -0.2) is 4.68 Å². The highest BCUT2D eigenvalue weighted by Crippen LogP contribution is 2.21. The molecule has 1 aliphatic heterocycles. The summed E-state index contributed by atoms with van der Waals surface area (Å²) in [5.74, 6) is 0. The van der Waals surface area contributed by atoms with Crippen LogP contribution in [0.2, 0.25) is 0 Å². The first-order valence-electron chi connectivity index (χ1n) is 7.73. The van der Waals surface area contributed by atoms with Gasteiger partial charge in [0, 0.05) is 31.9 Å². The molecule has 0 spiro atoms. The van der Waals surface area contributed by atoms with Crippen molar-refractivity contribution in [2.24, 2.45) is 0 Å². The number of nitrogens with zero attached hydrogens (tertiary/aromatic N) is 4. The van der Waals surface area contributed by atoms with Gasteiger partial charge in [-0.1, -0.05) is 35.5 Å². The highest BCUT2D eigenvalue weighted by Gasteiger charge is 2.12. The largest absolute Gasteiger partial charge is 0.369 e. The van der Waals surface area contributed by atoms with Crippen LogP contribution in [-0.4, -0.2) is 41.2 Å². The summed E-state index contributed by atoms with van der Waals surface area (Å²) in [5.41, 5.74) is 4.52. The summed E-state index contributed by atoms with van der Waals surface area (Å²) in [4.78, 5) is 2.39. The Hall–Kier alpha value is -2.40. The highest BCUT2D eigenvalue weighted by molar-refractivity contribution is 5.79. The van der Waals surface area contributed by atoms with Crippen molar-refractivity contribution >= 4 is 16.7 Å². The van der Waals surface area contributed by atoms with Crippen molar-refractivity contribution in [3.8, 4) is 0 Å². The van der Waals surface area contributed by atoms with E-state index in [1.54, 1.807) is 0 Å². The Morgan fingerprint density at radius 3 is 2.64 bits per heavy atom. The maximum atomic E-state index is 4.34. The molecule has 22 heavy (non-hydrogen) atoms. The number of anilines is 1. The Morgan fingerprint density at radius 2 is 1.82 bits per heavy atom. The SMILES string of the molecule is c1ccc(Cn2nnc3cc(N4CCNCC4)ccc32)cc1. The lowest BCUT2D eigenvalue weighted by Crippen LogP contribution is -2.43. The topological polar surface area (TPSA) is 46.0 Å². The molecule has 5 nitrogen and oxygen atoms in total. The van der Waals surface area contributed by atoms with E-state index >= 15 is 0 Å². The zero-order valence-corrected chi connectivity index (χ0v) is 12.4. The molecule has 1 aliphatic rings. The second-order valence-corrected chi connectivity index (χ2v) is 5.64. The van der Waals surface area contributed by atoms with Crippen LogP contribution in [0, 0.1) is 0 Å². The molecule has 112 valence electrons. The van der Waals surface area contributed by atoms with Gasteiger partial charge in [0.2, 0.25) is 0 Å². The van der Waals surface area contributed by atoms with Crippen LogP contribution in [0.4, 0.5) is 5.69 Å². The summed E-state index contributed by atoms with van der Waals surface area (Å²) in [7, 11) is 0. The van der Waals surface area contributed by atoms with E-state index < -0.39 is 0 Å². The van der Waals surface area contributed by atoms with Crippen molar-refractivity contribution in [1.29, 1.82) is 0 Å². The summed E-state index contributed by atoms with van der Waals surface area (Å²) in [6, 6.07) is 16.8. The fourth-order valence-corrected chi connectivity index (χ4v) is 2.95. The van der Waals surface area contributed by atoms with Gasteiger partial charge in [0.15, 0.2) is 0 Å². The molecule has 1 saturated heterocycles. The van der Waals surface area contributed by atoms with Gasteiger partial charge in [-0.15, -0.1) is 5.10 Å². The molecule has 3 aromatic rings. The van der Waals surface area contributed by atoms with Crippen molar-refractivity contribution in [1.82, 2.24) is 20.3 Å². The van der Waals surface area contributed by atoms with Crippen molar-refractivity contribution < 1.29 is 0 Å². The fraction of sp³-hybridized carbons (Fsp3) is 0.294. The maximum absolute atomic E-state index is 4.34. The number of hydrogen-bond donors (Lipinski definition) is 1. The summed E-state index contributed by atoms with van der Waals surface area (Å²) >= 11 is 0. The minimum Gasteiger partial charge on any atom is -0.369 e. The van der Waals surface area contributed by atoms with Crippen molar-refractivity contribution in [3.63, 3.8) is 0 Å². The van der Waals surface area contributed by atoms with Crippen molar-refractivity contribution in [2.75, 3.05) is 31.1 Å². The minimum absolute atomic E-state index is 0.754. The van der Waals surface area contributed by atoms with E-state index in [4.69, 9.17) is 0 Å². The number of rotatable bonds is 3. The predicted octanol–water partition coefficient (Wildman–Crippen LogP) is 1.89. The Labute approximate surface area is 129 Å². The third-order valence-electron chi connectivity index (χ3n) is 4.15. The number of hydrogen-bond acceptors (Lipinski definition) is 4. The molecular weight excluding hydrogens is 274 g/mol. The summed E-state index contributed by atoms with van der Waals surface area (Å²) in [6.07, 6.45) is 0. The van der Waals surface area contributed by atoms with E-state index in [1.807, 2.05) is 10.7 Å². The van der Waals surface area contributed by atoms with Gasteiger partial charge in [0.1, 0.15) is 5.52 Å². The standard InChI is InChI=1S/C17H19N5/c1-2-4-14(5-3-1)13-22-17-7-6-15(12-16(17)19-20-22)21-10-8-18-9-11-21/h1-7,12,18H,8-11,13H2. The Bertz CT molecular complexity index is 759. The Balaban J connectivity index is 1.62. The lowest BCUT2D eigenvalue weighted by atomic mass is 10.2. The second-order valence-electron chi connectivity index (χ2n) is 5.64. The van der Waals surface area contributed by atoms with E-state index in [2.05, 4.69) is 63.0 Å². The number of nitrogens with one attached hydrogen (secondary N) is 1. The smallest absolute Gasteiger partial charge is 0.115 e. The number of piperazine rings is 1. The Kier molecular flexibility index (Phi) is 3.48. The molecule has 0 saturated carbocycles. The third-order valence-corrected chi connectivity index (χ3v) is 4.15. The molecule has 0 radical (unpaired) electrons. The number of fused-ring (bicyclic) bond motifs is 1. The van der Waals surface area contributed by atoms with Crippen LogP contribution in [-0.2, 0) is 6.54 Å². The van der Waals surface area contributed by atoms with Crippen LogP contribution < -0.4 is 10.2 Å². The van der Waals surface area contributed by atoms with Gasteiger partial charge in [-0.2, -0.15) is 0 Å². The molecule has 5 heteroatoms. The van der Waals surface area contributed by atoms with Gasteiger partial charge in [0.05, 0.1) is 12.1 Å². The third kappa shape index (κ3) is 2.55. The normalized spacial score (nSPS) is 15.4. The molecule has 1 aromatic heterocycles. The first-order valence-corrected chi connectivity index (χ1v) is 7.73. The molecule has 2 heterocycles. The number of aromatic nitrogens is 3. The second kappa shape index (κ2) is 5.77. The molecule has 0 atom stereocenters. The van der Waals surface area contributed by atoms with Gasteiger partial charge in [0.25, 0.3) is 0 Å². The predicted molar refractivity (Wildman–Crippen MR) is 88.2 cm³/mol.